The number of ether oxygens (including phenoxy) is 1. The number of nitrogens with one attached hydrogen (secondary N) is 1. The first-order chi connectivity index (χ1) is 6.27. The van der Waals surface area contributed by atoms with Crippen molar-refractivity contribution < 1.29 is 14.3 Å². The molecular weight excluding hydrogens is 170 g/mol. The average molecular weight is 183 g/mol. The van der Waals surface area contributed by atoms with Crippen LogP contribution in [0.3, 0.4) is 0 Å². The van der Waals surface area contributed by atoms with Gasteiger partial charge in [0.1, 0.15) is 0 Å². The Kier molecular flexibility index (Phi) is 3.79. The van der Waals surface area contributed by atoms with E-state index in [9.17, 15) is 9.59 Å². The second-order valence-corrected chi connectivity index (χ2v) is 2.96. The van der Waals surface area contributed by atoms with Gasteiger partial charge in [-0.2, -0.15) is 0 Å². The summed E-state index contributed by atoms with van der Waals surface area (Å²) in [6.07, 6.45) is 2.94. The van der Waals surface area contributed by atoms with E-state index in [0.717, 1.165) is 6.42 Å². The molecule has 0 amide bonds. The van der Waals surface area contributed by atoms with Crippen LogP contribution in [0.4, 0.5) is 0 Å². The molecule has 1 saturated heterocycles. The number of hydrogen-bond donors (Lipinski definition) is 1. The highest BCUT2D eigenvalue weighted by Gasteiger charge is 2.24. The highest BCUT2D eigenvalue weighted by molar-refractivity contribution is 6.27. The van der Waals surface area contributed by atoms with Crippen LogP contribution in [0.5, 0.6) is 0 Å². The standard InChI is InChI=1S/C9H13NO3/c1-2-3-7-4-10-8(6-13-7)9(12)5-11/h2,5,7-8,10H,1,3-4,6H2. The van der Waals surface area contributed by atoms with Gasteiger partial charge in [0.15, 0.2) is 6.29 Å². The van der Waals surface area contributed by atoms with E-state index in [4.69, 9.17) is 4.74 Å². The first-order valence-corrected chi connectivity index (χ1v) is 4.23. The van der Waals surface area contributed by atoms with Crippen molar-refractivity contribution in [1.29, 1.82) is 0 Å². The summed E-state index contributed by atoms with van der Waals surface area (Å²) in [5.41, 5.74) is 0. The first kappa shape index (κ1) is 10.1. The molecule has 1 aliphatic heterocycles. The Hall–Kier alpha value is -1.00. The minimum atomic E-state index is -0.460. The molecule has 2 atom stereocenters. The zero-order valence-electron chi connectivity index (χ0n) is 7.36. The number of ketones is 1. The van der Waals surface area contributed by atoms with Gasteiger partial charge in [0.25, 0.3) is 0 Å². The first-order valence-electron chi connectivity index (χ1n) is 4.23. The summed E-state index contributed by atoms with van der Waals surface area (Å²) >= 11 is 0. The Morgan fingerprint density at radius 3 is 2.92 bits per heavy atom. The van der Waals surface area contributed by atoms with E-state index in [-0.39, 0.29) is 12.7 Å². The molecule has 0 aromatic rings. The Balaban J connectivity index is 2.34. The van der Waals surface area contributed by atoms with Gasteiger partial charge in [0.05, 0.1) is 18.8 Å². The summed E-state index contributed by atoms with van der Waals surface area (Å²) in [5.74, 6) is -0.447. The summed E-state index contributed by atoms with van der Waals surface area (Å²) in [4.78, 5) is 21.1. The van der Waals surface area contributed by atoms with Crippen molar-refractivity contribution in [1.82, 2.24) is 5.32 Å². The van der Waals surface area contributed by atoms with Crippen molar-refractivity contribution in [3.8, 4) is 0 Å². The summed E-state index contributed by atoms with van der Waals surface area (Å²) in [5, 5.41) is 2.95. The molecule has 1 heterocycles. The average Bonchev–Trinajstić information content (AvgIpc) is 2.18. The highest BCUT2D eigenvalue weighted by Crippen LogP contribution is 2.05. The molecule has 1 aliphatic rings. The van der Waals surface area contributed by atoms with E-state index in [2.05, 4.69) is 11.9 Å². The molecule has 1 fully saturated rings. The molecule has 0 aromatic carbocycles. The predicted octanol–water partition coefficient (Wildman–Crippen LogP) is -0.312. The van der Waals surface area contributed by atoms with E-state index < -0.39 is 11.8 Å². The summed E-state index contributed by atoms with van der Waals surface area (Å²) < 4.78 is 5.34. The van der Waals surface area contributed by atoms with E-state index in [1.807, 2.05) is 0 Å². The molecule has 0 radical (unpaired) electrons. The molecule has 1 rings (SSSR count). The van der Waals surface area contributed by atoms with Gasteiger partial charge in [0, 0.05) is 6.54 Å². The van der Waals surface area contributed by atoms with Crippen LogP contribution in [-0.2, 0) is 14.3 Å². The van der Waals surface area contributed by atoms with Crippen LogP contribution >= 0.6 is 0 Å². The van der Waals surface area contributed by atoms with E-state index >= 15 is 0 Å². The number of rotatable bonds is 4. The molecule has 0 spiro atoms. The number of carbonyl (C=O) groups is 2. The van der Waals surface area contributed by atoms with Crippen LogP contribution in [-0.4, -0.2) is 37.4 Å². The van der Waals surface area contributed by atoms with Crippen LogP contribution in [0, 0.1) is 0 Å². The van der Waals surface area contributed by atoms with Gasteiger partial charge >= 0.3 is 0 Å². The van der Waals surface area contributed by atoms with Gasteiger partial charge < -0.3 is 10.1 Å². The number of Topliss-reactive ketones (excluding diaryl/α,β-unsaturated/α-hetero) is 1. The van der Waals surface area contributed by atoms with Crippen molar-refractivity contribution in [2.45, 2.75) is 18.6 Å². The number of aldehydes is 1. The maximum absolute atomic E-state index is 10.9. The van der Waals surface area contributed by atoms with Gasteiger partial charge in [-0.1, -0.05) is 6.08 Å². The fourth-order valence-corrected chi connectivity index (χ4v) is 1.23. The lowest BCUT2D eigenvalue weighted by atomic mass is 10.1. The van der Waals surface area contributed by atoms with E-state index in [1.165, 1.54) is 0 Å². The second kappa shape index (κ2) is 4.89. The summed E-state index contributed by atoms with van der Waals surface area (Å²) in [7, 11) is 0. The van der Waals surface area contributed by atoms with Gasteiger partial charge in [-0.25, -0.2) is 0 Å². The van der Waals surface area contributed by atoms with Gasteiger partial charge in [-0.3, -0.25) is 9.59 Å². The number of morpholine rings is 1. The van der Waals surface area contributed by atoms with E-state index in [0.29, 0.717) is 12.8 Å². The van der Waals surface area contributed by atoms with Gasteiger partial charge in [-0.15, -0.1) is 6.58 Å². The van der Waals surface area contributed by atoms with Gasteiger partial charge in [0.2, 0.25) is 5.78 Å². The van der Waals surface area contributed by atoms with Crippen LogP contribution < -0.4 is 5.32 Å². The van der Waals surface area contributed by atoms with Crippen LogP contribution in [0.15, 0.2) is 12.7 Å². The van der Waals surface area contributed by atoms with Crippen molar-refractivity contribution in [2.24, 2.45) is 0 Å². The Morgan fingerprint density at radius 2 is 2.46 bits per heavy atom. The molecule has 13 heavy (non-hydrogen) atoms. The molecule has 0 aromatic heterocycles. The Bertz CT molecular complexity index is 207. The quantitative estimate of drug-likeness (QED) is 0.369. The lowest BCUT2D eigenvalue weighted by Gasteiger charge is -2.27. The maximum Gasteiger partial charge on any atom is 0.214 e. The Labute approximate surface area is 76.9 Å². The fraction of sp³-hybridized carbons (Fsp3) is 0.556. The van der Waals surface area contributed by atoms with Crippen LogP contribution in [0.25, 0.3) is 0 Å². The third-order valence-electron chi connectivity index (χ3n) is 1.98. The normalized spacial score (nSPS) is 28.0. The SMILES string of the molecule is C=CCC1CNC(C(=O)C=O)CO1. The lowest BCUT2D eigenvalue weighted by Crippen LogP contribution is -2.50. The smallest absolute Gasteiger partial charge is 0.214 e. The third-order valence-corrected chi connectivity index (χ3v) is 1.98. The fourth-order valence-electron chi connectivity index (χ4n) is 1.23. The van der Waals surface area contributed by atoms with Crippen molar-refractivity contribution >= 4 is 12.1 Å². The maximum atomic E-state index is 10.9. The van der Waals surface area contributed by atoms with E-state index in [1.54, 1.807) is 6.08 Å². The van der Waals surface area contributed by atoms with Crippen LogP contribution in [0.2, 0.25) is 0 Å². The molecule has 1 N–H and O–H groups in total. The molecule has 0 bridgehead atoms. The molecule has 4 nitrogen and oxygen atoms in total. The number of carbonyl (C=O) groups excluding carboxylic acids is 2. The highest BCUT2D eigenvalue weighted by atomic mass is 16.5. The van der Waals surface area contributed by atoms with Gasteiger partial charge in [-0.05, 0) is 6.42 Å². The second-order valence-electron chi connectivity index (χ2n) is 2.96. The third kappa shape index (κ3) is 2.75. The molecule has 0 aliphatic carbocycles. The topological polar surface area (TPSA) is 55.4 Å². The van der Waals surface area contributed by atoms with Crippen molar-refractivity contribution in [3.63, 3.8) is 0 Å². The molecule has 2 unspecified atom stereocenters. The largest absolute Gasteiger partial charge is 0.374 e. The molecule has 4 heteroatoms. The molecular formula is C9H13NO3. The lowest BCUT2D eigenvalue weighted by molar-refractivity contribution is -0.134. The minimum absolute atomic E-state index is 0.0770. The summed E-state index contributed by atoms with van der Waals surface area (Å²) in [6, 6.07) is -0.460. The number of hydrogen-bond acceptors (Lipinski definition) is 4. The van der Waals surface area contributed by atoms with Crippen LogP contribution in [0.1, 0.15) is 6.42 Å². The summed E-state index contributed by atoms with van der Waals surface area (Å²) in [6.45, 7) is 4.46. The van der Waals surface area contributed by atoms with Crippen molar-refractivity contribution in [3.05, 3.63) is 12.7 Å². The molecule has 0 saturated carbocycles. The predicted molar refractivity (Wildman–Crippen MR) is 47.4 cm³/mol. The zero-order chi connectivity index (χ0) is 9.68. The monoisotopic (exact) mass is 183 g/mol. The molecule has 72 valence electrons. The Morgan fingerprint density at radius 1 is 1.69 bits per heavy atom. The van der Waals surface area contributed by atoms with Crippen molar-refractivity contribution in [2.75, 3.05) is 13.2 Å². The minimum Gasteiger partial charge on any atom is -0.374 e. The zero-order valence-corrected chi connectivity index (χ0v) is 7.36.